The smallest absolute Gasteiger partial charge is 0.269 e. The van der Waals surface area contributed by atoms with Gasteiger partial charge in [0.15, 0.2) is 6.61 Å². The predicted molar refractivity (Wildman–Crippen MR) is 138 cm³/mol. The van der Waals surface area contributed by atoms with E-state index in [1.165, 1.54) is 18.2 Å². The second-order valence-electron chi connectivity index (χ2n) is 8.02. The van der Waals surface area contributed by atoms with E-state index in [1.54, 1.807) is 48.5 Å². The van der Waals surface area contributed by atoms with Gasteiger partial charge in [-0.2, -0.15) is 0 Å². The van der Waals surface area contributed by atoms with Gasteiger partial charge in [0.05, 0.1) is 17.7 Å². The van der Waals surface area contributed by atoms with Gasteiger partial charge in [-0.15, -0.1) is 0 Å². The molecule has 5 rings (SSSR count). The third-order valence-electron chi connectivity index (χ3n) is 5.63. The highest BCUT2D eigenvalue weighted by Crippen LogP contribution is 2.41. The summed E-state index contributed by atoms with van der Waals surface area (Å²) in [6.45, 7) is -0.117. The second-order valence-corrected chi connectivity index (χ2v) is 10.1. The number of amides is 1. The highest BCUT2D eigenvalue weighted by atomic mass is 35.5. The van der Waals surface area contributed by atoms with Crippen molar-refractivity contribution in [3.05, 3.63) is 89.8 Å². The Balaban J connectivity index is 1.54. The Morgan fingerprint density at radius 3 is 2.46 bits per heavy atom. The molecule has 0 atom stereocenters. The molecule has 2 heterocycles. The molecular formula is C26H19ClFN3O5S. The molecule has 0 spiro atoms. The fourth-order valence-electron chi connectivity index (χ4n) is 3.87. The zero-order valence-corrected chi connectivity index (χ0v) is 20.9. The summed E-state index contributed by atoms with van der Waals surface area (Å²) in [5, 5.41) is 0.540. The lowest BCUT2D eigenvalue weighted by molar-refractivity contribution is -0.120. The van der Waals surface area contributed by atoms with Crippen LogP contribution in [0.25, 0.3) is 11.1 Å². The van der Waals surface area contributed by atoms with E-state index >= 15 is 0 Å². The van der Waals surface area contributed by atoms with Gasteiger partial charge >= 0.3 is 0 Å². The molecular weight excluding hydrogens is 521 g/mol. The van der Waals surface area contributed by atoms with Crippen molar-refractivity contribution in [3.63, 3.8) is 0 Å². The molecule has 4 aromatic rings. The molecule has 1 amide bonds. The first-order valence-electron chi connectivity index (χ1n) is 10.9. The predicted octanol–water partition coefficient (Wildman–Crippen LogP) is 5.41. The van der Waals surface area contributed by atoms with Crippen LogP contribution in [0, 0.1) is 5.82 Å². The Bertz CT molecular complexity index is 1600. The minimum atomic E-state index is -4.05. The number of anilines is 3. The van der Waals surface area contributed by atoms with Gasteiger partial charge in [-0.3, -0.25) is 14.4 Å². The molecule has 0 fully saturated rings. The van der Waals surface area contributed by atoms with Gasteiger partial charge in [-0.05, 0) is 72.3 Å². The number of hydrogen-bond donors (Lipinski definition) is 1. The van der Waals surface area contributed by atoms with E-state index in [9.17, 15) is 17.6 Å². The van der Waals surface area contributed by atoms with Crippen LogP contribution in [0.15, 0.2) is 83.9 Å². The maximum atomic E-state index is 13.3. The molecule has 1 aliphatic rings. The lowest BCUT2D eigenvalue weighted by Gasteiger charge is -2.30. The van der Waals surface area contributed by atoms with Gasteiger partial charge in [-0.25, -0.2) is 17.8 Å². The number of halogens is 2. The van der Waals surface area contributed by atoms with Crippen molar-refractivity contribution in [1.82, 2.24) is 4.98 Å². The van der Waals surface area contributed by atoms with Crippen LogP contribution in [0.5, 0.6) is 11.6 Å². The standard InChI is InChI=1S/C26H19ClFN3O5S/c1-35-26-22(30-37(33,34)21-9-5-19(28)6-10-21)12-17(14-29-26)16-2-11-24-23(13-16)31(25(32)15-36-24)20-7-3-18(27)4-8-20/h2-14,30H,15H2,1H3. The number of carbonyl (C=O) groups is 1. The van der Waals surface area contributed by atoms with E-state index in [4.69, 9.17) is 21.1 Å². The monoisotopic (exact) mass is 539 g/mol. The number of aromatic nitrogens is 1. The van der Waals surface area contributed by atoms with Crippen LogP contribution in [0.2, 0.25) is 5.02 Å². The third kappa shape index (κ3) is 4.93. The summed E-state index contributed by atoms with van der Waals surface area (Å²) in [6.07, 6.45) is 1.52. The third-order valence-corrected chi connectivity index (χ3v) is 7.26. The van der Waals surface area contributed by atoms with Crippen LogP contribution < -0.4 is 19.1 Å². The number of sulfonamides is 1. The van der Waals surface area contributed by atoms with E-state index in [0.717, 1.165) is 24.3 Å². The molecule has 0 saturated heterocycles. The van der Waals surface area contributed by atoms with E-state index in [0.29, 0.717) is 33.3 Å². The topological polar surface area (TPSA) is 97.8 Å². The van der Waals surface area contributed by atoms with Crippen molar-refractivity contribution < 1.29 is 27.1 Å². The molecule has 3 aromatic carbocycles. The molecule has 37 heavy (non-hydrogen) atoms. The van der Waals surface area contributed by atoms with Crippen molar-refractivity contribution in [1.29, 1.82) is 0 Å². The zero-order chi connectivity index (χ0) is 26.2. The molecule has 0 bridgehead atoms. The highest BCUT2D eigenvalue weighted by molar-refractivity contribution is 7.92. The lowest BCUT2D eigenvalue weighted by atomic mass is 10.0. The van der Waals surface area contributed by atoms with E-state index in [-0.39, 0.29) is 29.0 Å². The SMILES string of the molecule is COc1ncc(-c2ccc3c(c2)N(c2ccc(Cl)cc2)C(=O)CO3)cc1NS(=O)(=O)c1ccc(F)cc1. The average Bonchev–Trinajstić information content (AvgIpc) is 2.89. The van der Waals surface area contributed by atoms with Crippen LogP contribution in [-0.2, 0) is 14.8 Å². The molecule has 1 aliphatic heterocycles. The Kier molecular flexibility index (Phi) is 6.45. The number of fused-ring (bicyclic) bond motifs is 1. The zero-order valence-electron chi connectivity index (χ0n) is 19.3. The minimum absolute atomic E-state index is 0.0497. The number of rotatable bonds is 6. The number of hydrogen-bond acceptors (Lipinski definition) is 6. The average molecular weight is 540 g/mol. The van der Waals surface area contributed by atoms with Crippen molar-refractivity contribution in [2.24, 2.45) is 0 Å². The Hall–Kier alpha value is -4.15. The number of benzene rings is 3. The quantitative estimate of drug-likeness (QED) is 0.352. The number of ether oxygens (including phenoxy) is 2. The lowest BCUT2D eigenvalue weighted by Crippen LogP contribution is -2.35. The first kappa shape index (κ1) is 24.5. The normalized spacial score (nSPS) is 13.1. The summed E-state index contributed by atoms with van der Waals surface area (Å²) in [6, 6.07) is 18.1. The molecule has 11 heteroatoms. The van der Waals surface area contributed by atoms with Crippen molar-refractivity contribution in [2.45, 2.75) is 4.90 Å². The number of pyridine rings is 1. The maximum Gasteiger partial charge on any atom is 0.269 e. The molecule has 0 radical (unpaired) electrons. The molecule has 0 unspecified atom stereocenters. The summed E-state index contributed by atoms with van der Waals surface area (Å²) in [5.74, 6) is -0.249. The Morgan fingerprint density at radius 1 is 1.03 bits per heavy atom. The molecule has 0 aliphatic carbocycles. The number of methoxy groups -OCH3 is 1. The van der Waals surface area contributed by atoms with Gasteiger partial charge in [0.1, 0.15) is 17.3 Å². The molecule has 188 valence electrons. The van der Waals surface area contributed by atoms with Gasteiger partial charge in [0.25, 0.3) is 15.9 Å². The van der Waals surface area contributed by atoms with E-state index in [1.807, 2.05) is 0 Å². The number of nitrogens with zero attached hydrogens (tertiary/aromatic N) is 2. The fraction of sp³-hybridized carbons (Fsp3) is 0.0769. The van der Waals surface area contributed by atoms with Crippen LogP contribution in [-0.4, -0.2) is 33.0 Å². The highest BCUT2D eigenvalue weighted by Gasteiger charge is 2.28. The second kappa shape index (κ2) is 9.72. The van der Waals surface area contributed by atoms with Gasteiger partial charge in [0, 0.05) is 22.5 Å². The van der Waals surface area contributed by atoms with Crippen molar-refractivity contribution in [2.75, 3.05) is 23.3 Å². The van der Waals surface area contributed by atoms with Crippen LogP contribution in [0.3, 0.4) is 0 Å². The summed E-state index contributed by atoms with van der Waals surface area (Å²) in [4.78, 5) is 18.4. The summed E-state index contributed by atoms with van der Waals surface area (Å²) >= 11 is 6.01. The van der Waals surface area contributed by atoms with Gasteiger partial charge < -0.3 is 9.47 Å². The van der Waals surface area contributed by atoms with Crippen molar-refractivity contribution >= 4 is 44.6 Å². The van der Waals surface area contributed by atoms with E-state index < -0.39 is 15.8 Å². The number of nitrogens with one attached hydrogen (secondary N) is 1. The van der Waals surface area contributed by atoms with E-state index in [2.05, 4.69) is 9.71 Å². The first-order chi connectivity index (χ1) is 17.7. The molecule has 1 N–H and O–H groups in total. The van der Waals surface area contributed by atoms with Gasteiger partial charge in [-0.1, -0.05) is 17.7 Å². The first-order valence-corrected chi connectivity index (χ1v) is 12.8. The molecule has 8 nitrogen and oxygen atoms in total. The summed E-state index contributed by atoms with van der Waals surface area (Å²) in [7, 11) is -2.69. The largest absolute Gasteiger partial charge is 0.482 e. The number of carbonyl (C=O) groups excluding carboxylic acids is 1. The molecule has 1 aromatic heterocycles. The van der Waals surface area contributed by atoms with Crippen LogP contribution >= 0.6 is 11.6 Å². The van der Waals surface area contributed by atoms with Gasteiger partial charge in [0.2, 0.25) is 5.88 Å². The Morgan fingerprint density at radius 2 is 1.76 bits per heavy atom. The maximum absolute atomic E-state index is 13.3. The van der Waals surface area contributed by atoms with Crippen molar-refractivity contribution in [3.8, 4) is 22.8 Å². The summed E-state index contributed by atoms with van der Waals surface area (Å²) < 4.78 is 52.4. The van der Waals surface area contributed by atoms with Crippen LogP contribution in [0.4, 0.5) is 21.5 Å². The minimum Gasteiger partial charge on any atom is -0.482 e. The fourth-order valence-corrected chi connectivity index (χ4v) is 5.04. The Labute approximate surface area is 217 Å². The molecule has 0 saturated carbocycles. The summed E-state index contributed by atoms with van der Waals surface area (Å²) in [5.41, 5.74) is 2.42. The van der Waals surface area contributed by atoms with Crippen LogP contribution in [0.1, 0.15) is 0 Å².